The molecule has 0 aliphatic heterocycles. The summed E-state index contributed by atoms with van der Waals surface area (Å²) in [6.45, 7) is 3.36. The molecule has 0 radical (unpaired) electrons. The van der Waals surface area contributed by atoms with Crippen LogP contribution in [0.3, 0.4) is 0 Å². The number of rotatable bonds is 4. The molecule has 1 aromatic rings. The quantitative estimate of drug-likeness (QED) is 0.916. The second-order valence-corrected chi connectivity index (χ2v) is 5.93. The Morgan fingerprint density at radius 3 is 2.50 bits per heavy atom. The van der Waals surface area contributed by atoms with Gasteiger partial charge in [0.1, 0.15) is 5.82 Å². The summed E-state index contributed by atoms with van der Waals surface area (Å²) in [4.78, 5) is -0.0136. The normalized spacial score (nSPS) is 13.2. The molecule has 0 amide bonds. The van der Waals surface area contributed by atoms with Gasteiger partial charge in [-0.05, 0) is 26.0 Å². The van der Waals surface area contributed by atoms with Crippen molar-refractivity contribution in [2.45, 2.75) is 24.8 Å². The molecule has 0 saturated carbocycles. The molecule has 0 fully saturated rings. The topological polar surface area (TPSA) is 63.4 Å². The largest absolute Gasteiger partial charge is 0.329 e. The lowest BCUT2D eigenvalue weighted by atomic mass is 10.2. The lowest BCUT2D eigenvalue weighted by Gasteiger charge is -2.23. The molecule has 0 aliphatic rings. The van der Waals surface area contributed by atoms with E-state index in [-0.39, 0.29) is 35.5 Å². The second-order valence-electron chi connectivity index (χ2n) is 3.97. The predicted octanol–water partition coefficient (Wildman–Crippen LogP) is 1.52. The van der Waals surface area contributed by atoms with Crippen LogP contribution < -0.4 is 5.73 Å². The molecule has 0 heterocycles. The van der Waals surface area contributed by atoms with Crippen molar-refractivity contribution in [3.63, 3.8) is 0 Å². The van der Waals surface area contributed by atoms with Gasteiger partial charge in [-0.15, -0.1) is 12.4 Å². The first-order valence-electron chi connectivity index (χ1n) is 5.25. The highest BCUT2D eigenvalue weighted by atomic mass is 35.5. The van der Waals surface area contributed by atoms with Crippen molar-refractivity contribution in [3.8, 4) is 0 Å². The summed E-state index contributed by atoms with van der Waals surface area (Å²) >= 11 is 0. The summed E-state index contributed by atoms with van der Waals surface area (Å²) in [5.74, 6) is -0.528. The fourth-order valence-corrected chi connectivity index (χ4v) is 3.01. The Kier molecular flexibility index (Phi) is 6.22. The average Bonchev–Trinajstić information content (AvgIpc) is 2.30. The number of nitrogens with two attached hydrogens (primary N) is 1. The fraction of sp³-hybridized carbons (Fsp3) is 0.455. The molecule has 104 valence electrons. The Morgan fingerprint density at radius 1 is 1.44 bits per heavy atom. The SMILES string of the molecule is Cc1c(F)cccc1S(=O)(=O)N(C)C(C)CN.Cl. The van der Waals surface area contributed by atoms with Crippen LogP contribution in [-0.4, -0.2) is 32.4 Å². The molecule has 1 atom stereocenters. The summed E-state index contributed by atoms with van der Waals surface area (Å²) < 4.78 is 38.9. The van der Waals surface area contributed by atoms with Crippen LogP contribution in [0.2, 0.25) is 0 Å². The van der Waals surface area contributed by atoms with Crippen molar-refractivity contribution in [3.05, 3.63) is 29.6 Å². The van der Waals surface area contributed by atoms with E-state index < -0.39 is 15.8 Å². The first-order valence-corrected chi connectivity index (χ1v) is 6.69. The van der Waals surface area contributed by atoms with E-state index in [9.17, 15) is 12.8 Å². The molecule has 0 aromatic heterocycles. The van der Waals surface area contributed by atoms with Crippen molar-refractivity contribution in [2.24, 2.45) is 5.73 Å². The minimum Gasteiger partial charge on any atom is -0.329 e. The zero-order valence-corrected chi connectivity index (χ0v) is 12.2. The van der Waals surface area contributed by atoms with Gasteiger partial charge in [0, 0.05) is 25.2 Å². The van der Waals surface area contributed by atoms with Crippen LogP contribution >= 0.6 is 12.4 Å². The maximum absolute atomic E-state index is 13.3. The summed E-state index contributed by atoms with van der Waals surface area (Å²) in [5, 5.41) is 0. The van der Waals surface area contributed by atoms with Crippen LogP contribution in [0.1, 0.15) is 12.5 Å². The van der Waals surface area contributed by atoms with Gasteiger partial charge < -0.3 is 5.73 Å². The summed E-state index contributed by atoms with van der Waals surface area (Å²) in [7, 11) is -2.25. The van der Waals surface area contributed by atoms with E-state index in [1.165, 1.54) is 32.2 Å². The number of benzene rings is 1. The van der Waals surface area contributed by atoms with E-state index in [4.69, 9.17) is 5.73 Å². The van der Waals surface area contributed by atoms with Gasteiger partial charge in [-0.2, -0.15) is 4.31 Å². The number of likely N-dealkylation sites (N-methyl/N-ethyl adjacent to an activating group) is 1. The highest BCUT2D eigenvalue weighted by Gasteiger charge is 2.26. The average molecular weight is 297 g/mol. The second kappa shape index (κ2) is 6.47. The van der Waals surface area contributed by atoms with Crippen LogP contribution in [0.5, 0.6) is 0 Å². The third kappa shape index (κ3) is 3.20. The van der Waals surface area contributed by atoms with Crippen LogP contribution in [0.4, 0.5) is 4.39 Å². The van der Waals surface area contributed by atoms with Gasteiger partial charge >= 0.3 is 0 Å². The number of hydrogen-bond donors (Lipinski definition) is 1. The van der Waals surface area contributed by atoms with Crippen molar-refractivity contribution in [1.82, 2.24) is 4.31 Å². The molecule has 2 N–H and O–H groups in total. The molecule has 1 rings (SSSR count). The molecule has 0 spiro atoms. The first kappa shape index (κ1) is 17.3. The van der Waals surface area contributed by atoms with Gasteiger partial charge in [0.15, 0.2) is 0 Å². The minimum atomic E-state index is -3.69. The Hall–Kier alpha value is -0.690. The van der Waals surface area contributed by atoms with Gasteiger partial charge in [-0.3, -0.25) is 0 Å². The zero-order chi connectivity index (χ0) is 13.2. The molecular weight excluding hydrogens is 279 g/mol. The lowest BCUT2D eigenvalue weighted by molar-refractivity contribution is 0.394. The van der Waals surface area contributed by atoms with Crippen molar-refractivity contribution in [1.29, 1.82) is 0 Å². The molecule has 1 unspecified atom stereocenters. The van der Waals surface area contributed by atoms with E-state index in [1.54, 1.807) is 6.92 Å². The fourth-order valence-electron chi connectivity index (χ4n) is 1.41. The standard InChI is InChI=1S/C11H17FN2O2S.ClH/c1-8(7-13)14(3)17(15,16)11-6-4-5-10(12)9(11)2;/h4-6,8H,7,13H2,1-3H3;1H. The van der Waals surface area contributed by atoms with Gasteiger partial charge in [-0.1, -0.05) is 6.07 Å². The zero-order valence-electron chi connectivity index (χ0n) is 10.6. The van der Waals surface area contributed by atoms with E-state index in [0.717, 1.165) is 4.31 Å². The Bertz CT molecular complexity index is 508. The van der Waals surface area contributed by atoms with Crippen LogP contribution in [0.15, 0.2) is 23.1 Å². The highest BCUT2D eigenvalue weighted by molar-refractivity contribution is 7.89. The first-order chi connectivity index (χ1) is 7.82. The van der Waals surface area contributed by atoms with E-state index in [2.05, 4.69) is 0 Å². The molecule has 1 aromatic carbocycles. The number of hydrogen-bond acceptors (Lipinski definition) is 3. The lowest BCUT2D eigenvalue weighted by Crippen LogP contribution is -2.39. The van der Waals surface area contributed by atoms with Gasteiger partial charge in [0.2, 0.25) is 10.0 Å². The number of sulfonamides is 1. The maximum Gasteiger partial charge on any atom is 0.243 e. The Labute approximate surface area is 113 Å². The van der Waals surface area contributed by atoms with Gasteiger partial charge in [0.25, 0.3) is 0 Å². The van der Waals surface area contributed by atoms with Crippen molar-refractivity contribution in [2.75, 3.05) is 13.6 Å². The number of nitrogens with zero attached hydrogens (tertiary/aromatic N) is 1. The summed E-state index contributed by atoms with van der Waals surface area (Å²) in [5.41, 5.74) is 5.56. The Balaban J connectivity index is 0.00000289. The van der Waals surface area contributed by atoms with Crippen molar-refractivity contribution < 1.29 is 12.8 Å². The molecule has 4 nitrogen and oxygen atoms in total. The Morgan fingerprint density at radius 2 is 2.00 bits per heavy atom. The van der Waals surface area contributed by atoms with E-state index >= 15 is 0 Å². The molecule has 0 saturated heterocycles. The maximum atomic E-state index is 13.3. The molecule has 0 aliphatic carbocycles. The molecule has 18 heavy (non-hydrogen) atoms. The van der Waals surface area contributed by atoms with Crippen LogP contribution in [0, 0.1) is 12.7 Å². The van der Waals surface area contributed by atoms with Gasteiger partial charge in [0.05, 0.1) is 4.90 Å². The highest BCUT2D eigenvalue weighted by Crippen LogP contribution is 2.21. The monoisotopic (exact) mass is 296 g/mol. The number of halogens is 2. The third-order valence-corrected chi connectivity index (χ3v) is 4.95. The summed E-state index contributed by atoms with van der Waals surface area (Å²) in [6, 6.07) is 3.69. The molecule has 7 heteroatoms. The molecular formula is C11H18ClFN2O2S. The third-order valence-electron chi connectivity index (χ3n) is 2.84. The minimum absolute atomic E-state index is 0. The molecule has 0 bridgehead atoms. The summed E-state index contributed by atoms with van der Waals surface area (Å²) in [6.07, 6.45) is 0. The van der Waals surface area contributed by atoms with E-state index in [1.807, 2.05) is 0 Å². The van der Waals surface area contributed by atoms with E-state index in [0.29, 0.717) is 0 Å². The van der Waals surface area contributed by atoms with Gasteiger partial charge in [-0.25, -0.2) is 12.8 Å². The van der Waals surface area contributed by atoms with Crippen LogP contribution in [0.25, 0.3) is 0 Å². The van der Waals surface area contributed by atoms with Crippen molar-refractivity contribution >= 4 is 22.4 Å². The predicted molar refractivity (Wildman–Crippen MR) is 71.9 cm³/mol. The smallest absolute Gasteiger partial charge is 0.243 e. The van der Waals surface area contributed by atoms with Crippen LogP contribution in [-0.2, 0) is 10.0 Å².